The van der Waals surface area contributed by atoms with Crippen LogP contribution in [0.3, 0.4) is 0 Å². The molecule has 15 heavy (non-hydrogen) atoms. The predicted octanol–water partition coefficient (Wildman–Crippen LogP) is 3.30. The van der Waals surface area contributed by atoms with Gasteiger partial charge in [-0.05, 0) is 54.9 Å². The third kappa shape index (κ3) is 4.34. The van der Waals surface area contributed by atoms with E-state index in [4.69, 9.17) is 4.84 Å². The molecule has 0 aliphatic carbocycles. The molecule has 0 heterocycles. The first-order chi connectivity index (χ1) is 6.88. The number of nitrogens with zero attached hydrogens (tertiary/aromatic N) is 1. The summed E-state index contributed by atoms with van der Waals surface area (Å²) >= 11 is 3.32. The summed E-state index contributed by atoms with van der Waals surface area (Å²) in [7, 11) is 0. The summed E-state index contributed by atoms with van der Waals surface area (Å²) < 4.78 is 0.781. The van der Waals surface area contributed by atoms with Crippen LogP contribution in [0.4, 0.5) is 0 Å². The van der Waals surface area contributed by atoms with E-state index in [1.54, 1.807) is 24.4 Å². The molecule has 0 amide bonds. The first-order valence-corrected chi connectivity index (χ1v) is 5.38. The fourth-order valence-corrected chi connectivity index (χ4v) is 1.33. The van der Waals surface area contributed by atoms with Crippen LogP contribution in [-0.4, -0.2) is 16.9 Å². The summed E-state index contributed by atoms with van der Waals surface area (Å²) in [6, 6.07) is 4.97. The minimum atomic E-state index is -0.292. The van der Waals surface area contributed by atoms with Gasteiger partial charge < -0.3 is 9.94 Å². The van der Waals surface area contributed by atoms with E-state index in [1.807, 2.05) is 20.8 Å². The van der Waals surface area contributed by atoms with Crippen LogP contribution >= 0.6 is 15.9 Å². The van der Waals surface area contributed by atoms with Gasteiger partial charge >= 0.3 is 0 Å². The highest BCUT2D eigenvalue weighted by molar-refractivity contribution is 9.10. The Balaban J connectivity index is 2.73. The zero-order valence-corrected chi connectivity index (χ0v) is 10.6. The summed E-state index contributed by atoms with van der Waals surface area (Å²) in [5.74, 6) is 0.218. The maximum Gasteiger partial charge on any atom is 0.129 e. The number of phenols is 1. The molecule has 0 bridgehead atoms. The fourth-order valence-electron chi connectivity index (χ4n) is 0.862. The Kier molecular flexibility index (Phi) is 3.74. The van der Waals surface area contributed by atoms with Crippen LogP contribution in [0.1, 0.15) is 26.3 Å². The van der Waals surface area contributed by atoms with Crippen molar-refractivity contribution >= 4 is 22.1 Å². The Labute approximate surface area is 97.9 Å². The normalized spacial score (nSPS) is 12.0. The van der Waals surface area contributed by atoms with E-state index in [0.717, 1.165) is 10.0 Å². The maximum atomic E-state index is 9.19. The molecule has 0 aliphatic rings. The minimum Gasteiger partial charge on any atom is -0.508 e. The second-order valence-electron chi connectivity index (χ2n) is 4.14. The Bertz CT molecular complexity index is 369. The zero-order valence-electron chi connectivity index (χ0n) is 8.99. The molecule has 0 saturated heterocycles. The van der Waals surface area contributed by atoms with E-state index in [-0.39, 0.29) is 11.4 Å². The van der Waals surface area contributed by atoms with Crippen molar-refractivity contribution in [1.29, 1.82) is 0 Å². The van der Waals surface area contributed by atoms with Gasteiger partial charge in [-0.15, -0.1) is 0 Å². The van der Waals surface area contributed by atoms with Gasteiger partial charge in [-0.25, -0.2) is 0 Å². The molecule has 0 atom stereocenters. The fraction of sp³-hybridized carbons (Fsp3) is 0.364. The van der Waals surface area contributed by atoms with Crippen molar-refractivity contribution in [2.24, 2.45) is 5.16 Å². The number of halogens is 1. The van der Waals surface area contributed by atoms with Crippen LogP contribution in [0.2, 0.25) is 0 Å². The molecule has 4 heteroatoms. The zero-order chi connectivity index (χ0) is 11.5. The molecule has 0 fully saturated rings. The van der Waals surface area contributed by atoms with Crippen LogP contribution in [0, 0.1) is 0 Å². The summed E-state index contributed by atoms with van der Waals surface area (Å²) in [6.07, 6.45) is 1.61. The molecule has 1 rings (SSSR count). The third-order valence-corrected chi connectivity index (χ3v) is 2.19. The van der Waals surface area contributed by atoms with Crippen molar-refractivity contribution in [3.63, 3.8) is 0 Å². The quantitative estimate of drug-likeness (QED) is 0.663. The van der Waals surface area contributed by atoms with E-state index in [1.165, 1.54) is 0 Å². The van der Waals surface area contributed by atoms with E-state index in [2.05, 4.69) is 21.1 Å². The molecular formula is C11H14BrNO2. The third-order valence-electron chi connectivity index (χ3n) is 1.50. The lowest BCUT2D eigenvalue weighted by atomic mass is 10.2. The van der Waals surface area contributed by atoms with Gasteiger partial charge in [0.25, 0.3) is 0 Å². The van der Waals surface area contributed by atoms with Gasteiger partial charge in [0, 0.05) is 10.0 Å². The highest BCUT2D eigenvalue weighted by atomic mass is 79.9. The lowest BCUT2D eigenvalue weighted by molar-refractivity contribution is 0.00199. The summed E-state index contributed by atoms with van der Waals surface area (Å²) in [5.41, 5.74) is 0.567. The van der Waals surface area contributed by atoms with Crippen LogP contribution < -0.4 is 0 Å². The standard InChI is InChI=1S/C11H14BrNO2/c1-11(2,3)15-13-7-8-4-5-9(14)6-10(8)12/h4-7,14H,1-3H3. The maximum absolute atomic E-state index is 9.19. The number of phenolic OH excluding ortho intramolecular Hbond substituents is 1. The molecule has 1 aromatic carbocycles. The van der Waals surface area contributed by atoms with Crippen molar-refractivity contribution in [1.82, 2.24) is 0 Å². The summed E-state index contributed by atoms with van der Waals surface area (Å²) in [5, 5.41) is 13.1. The average molecular weight is 272 g/mol. The molecule has 0 saturated carbocycles. The van der Waals surface area contributed by atoms with E-state index >= 15 is 0 Å². The second kappa shape index (κ2) is 4.66. The van der Waals surface area contributed by atoms with Crippen LogP contribution in [0.15, 0.2) is 27.8 Å². The second-order valence-corrected chi connectivity index (χ2v) is 5.00. The number of rotatable bonds is 2. The Morgan fingerprint density at radius 1 is 1.40 bits per heavy atom. The summed E-state index contributed by atoms with van der Waals surface area (Å²) in [4.78, 5) is 5.20. The van der Waals surface area contributed by atoms with Crippen LogP contribution in [0.5, 0.6) is 5.75 Å². The molecule has 0 aromatic heterocycles. The van der Waals surface area contributed by atoms with E-state index in [9.17, 15) is 5.11 Å². The van der Waals surface area contributed by atoms with Gasteiger partial charge in [0.05, 0.1) is 6.21 Å². The van der Waals surface area contributed by atoms with Crippen LogP contribution in [0.25, 0.3) is 0 Å². The van der Waals surface area contributed by atoms with Gasteiger partial charge in [0.15, 0.2) is 0 Å². The number of benzene rings is 1. The van der Waals surface area contributed by atoms with Crippen LogP contribution in [-0.2, 0) is 4.84 Å². The molecule has 0 radical (unpaired) electrons. The molecule has 82 valence electrons. The highest BCUT2D eigenvalue weighted by Crippen LogP contribution is 2.20. The SMILES string of the molecule is CC(C)(C)ON=Cc1ccc(O)cc1Br. The first kappa shape index (κ1) is 12.0. The van der Waals surface area contributed by atoms with Crippen molar-refractivity contribution in [2.75, 3.05) is 0 Å². The number of hydrogen-bond donors (Lipinski definition) is 1. The molecule has 0 aliphatic heterocycles. The molecular weight excluding hydrogens is 258 g/mol. The van der Waals surface area contributed by atoms with Gasteiger partial charge in [-0.1, -0.05) is 5.16 Å². The Morgan fingerprint density at radius 2 is 2.07 bits per heavy atom. The highest BCUT2D eigenvalue weighted by Gasteiger charge is 2.09. The van der Waals surface area contributed by atoms with Crippen molar-refractivity contribution in [3.05, 3.63) is 28.2 Å². The molecule has 1 aromatic rings. The first-order valence-electron chi connectivity index (χ1n) is 4.58. The average Bonchev–Trinajstić information content (AvgIpc) is 2.07. The topological polar surface area (TPSA) is 41.8 Å². The summed E-state index contributed by atoms with van der Waals surface area (Å²) in [6.45, 7) is 5.78. The Hall–Kier alpha value is -1.03. The molecule has 3 nitrogen and oxygen atoms in total. The van der Waals surface area contributed by atoms with Gasteiger partial charge in [0.2, 0.25) is 0 Å². The lowest BCUT2D eigenvalue weighted by Gasteiger charge is -2.14. The molecule has 1 N–H and O–H groups in total. The van der Waals surface area contributed by atoms with E-state index in [0.29, 0.717) is 0 Å². The van der Waals surface area contributed by atoms with Gasteiger partial charge in [-0.2, -0.15) is 0 Å². The van der Waals surface area contributed by atoms with Crippen molar-refractivity contribution < 1.29 is 9.94 Å². The smallest absolute Gasteiger partial charge is 0.129 e. The van der Waals surface area contributed by atoms with Crippen molar-refractivity contribution in [2.45, 2.75) is 26.4 Å². The molecule has 0 spiro atoms. The lowest BCUT2D eigenvalue weighted by Crippen LogP contribution is -2.15. The Morgan fingerprint density at radius 3 is 2.60 bits per heavy atom. The minimum absolute atomic E-state index is 0.218. The van der Waals surface area contributed by atoms with Crippen molar-refractivity contribution in [3.8, 4) is 5.75 Å². The number of hydrogen-bond acceptors (Lipinski definition) is 3. The van der Waals surface area contributed by atoms with E-state index < -0.39 is 0 Å². The van der Waals surface area contributed by atoms with Gasteiger partial charge in [-0.3, -0.25) is 0 Å². The predicted molar refractivity (Wildman–Crippen MR) is 64.2 cm³/mol. The van der Waals surface area contributed by atoms with Gasteiger partial charge in [0.1, 0.15) is 11.4 Å². The number of aromatic hydroxyl groups is 1. The monoisotopic (exact) mass is 271 g/mol. The largest absolute Gasteiger partial charge is 0.508 e. The number of oxime groups is 1. The molecule has 0 unspecified atom stereocenters.